The van der Waals surface area contributed by atoms with E-state index in [1.54, 1.807) is 6.07 Å². The standard InChI is InChI=1S/C21H15Cl2F3N2O4S/c1-32-19-9-2-12(22)10-16(19)20(29)27-13-3-6-15(7-4-13)33(30,31)28-14-5-8-18(23)17(11-14)21(24,25)26/h2-11,28H,1H3,(H,27,29). The minimum atomic E-state index is -4.75. The molecule has 12 heteroatoms. The predicted octanol–water partition coefficient (Wildman–Crippen LogP) is 6.07. The zero-order valence-electron chi connectivity index (χ0n) is 16.7. The maximum absolute atomic E-state index is 13.0. The number of rotatable bonds is 6. The topological polar surface area (TPSA) is 84.5 Å². The maximum atomic E-state index is 13.0. The van der Waals surface area contributed by atoms with E-state index in [9.17, 15) is 26.4 Å². The van der Waals surface area contributed by atoms with Gasteiger partial charge in [0, 0.05) is 16.4 Å². The predicted molar refractivity (Wildman–Crippen MR) is 120 cm³/mol. The smallest absolute Gasteiger partial charge is 0.417 e. The first-order valence-corrected chi connectivity index (χ1v) is 11.3. The van der Waals surface area contributed by atoms with Crippen LogP contribution in [0.15, 0.2) is 65.6 Å². The Morgan fingerprint density at radius 1 is 0.939 bits per heavy atom. The Bertz CT molecular complexity index is 1300. The minimum absolute atomic E-state index is 0.173. The van der Waals surface area contributed by atoms with E-state index in [1.807, 2.05) is 0 Å². The molecule has 0 fully saturated rings. The fourth-order valence-electron chi connectivity index (χ4n) is 2.79. The van der Waals surface area contributed by atoms with Gasteiger partial charge in [-0.1, -0.05) is 23.2 Å². The van der Waals surface area contributed by atoms with Gasteiger partial charge in [0.1, 0.15) is 5.75 Å². The highest BCUT2D eigenvalue weighted by Crippen LogP contribution is 2.36. The van der Waals surface area contributed by atoms with Crippen molar-refractivity contribution >= 4 is 50.5 Å². The Morgan fingerprint density at radius 2 is 1.58 bits per heavy atom. The average molecular weight is 519 g/mol. The van der Waals surface area contributed by atoms with E-state index in [-0.39, 0.29) is 21.8 Å². The van der Waals surface area contributed by atoms with Gasteiger partial charge in [0.25, 0.3) is 15.9 Å². The van der Waals surface area contributed by atoms with Gasteiger partial charge in [-0.25, -0.2) is 8.42 Å². The number of hydrogen-bond acceptors (Lipinski definition) is 4. The summed E-state index contributed by atoms with van der Waals surface area (Å²) < 4.78 is 71.4. The van der Waals surface area contributed by atoms with Crippen molar-refractivity contribution in [2.24, 2.45) is 0 Å². The van der Waals surface area contributed by atoms with Crippen LogP contribution in [0.1, 0.15) is 15.9 Å². The molecular weight excluding hydrogens is 504 g/mol. The number of ether oxygens (including phenoxy) is 1. The first kappa shape index (κ1) is 24.7. The average Bonchev–Trinajstić information content (AvgIpc) is 2.74. The molecule has 0 saturated carbocycles. The SMILES string of the molecule is COc1ccc(Cl)cc1C(=O)Nc1ccc(S(=O)(=O)Nc2ccc(Cl)c(C(F)(F)F)c2)cc1. The lowest BCUT2D eigenvalue weighted by molar-refractivity contribution is -0.137. The van der Waals surface area contributed by atoms with Crippen molar-refractivity contribution < 1.29 is 31.1 Å². The summed E-state index contributed by atoms with van der Waals surface area (Å²) in [6, 6.07) is 12.2. The van der Waals surface area contributed by atoms with Gasteiger partial charge in [-0.15, -0.1) is 0 Å². The Balaban J connectivity index is 1.78. The zero-order valence-corrected chi connectivity index (χ0v) is 19.0. The monoisotopic (exact) mass is 518 g/mol. The molecule has 3 aromatic rings. The highest BCUT2D eigenvalue weighted by Gasteiger charge is 2.33. The fraction of sp³-hybridized carbons (Fsp3) is 0.0952. The Labute approximate surface area is 197 Å². The third-order valence-corrected chi connectivity index (χ3v) is 6.31. The van der Waals surface area contributed by atoms with E-state index in [1.165, 1.54) is 43.5 Å². The molecule has 0 unspecified atom stereocenters. The highest BCUT2D eigenvalue weighted by molar-refractivity contribution is 7.92. The fourth-order valence-corrected chi connectivity index (χ4v) is 4.24. The number of alkyl halides is 3. The number of nitrogens with one attached hydrogen (secondary N) is 2. The molecule has 0 aliphatic heterocycles. The van der Waals surface area contributed by atoms with Crippen molar-refractivity contribution in [3.63, 3.8) is 0 Å². The van der Waals surface area contributed by atoms with Crippen molar-refractivity contribution in [3.8, 4) is 5.75 Å². The van der Waals surface area contributed by atoms with Gasteiger partial charge in [0.2, 0.25) is 0 Å². The van der Waals surface area contributed by atoms with E-state index >= 15 is 0 Å². The van der Waals surface area contributed by atoms with Gasteiger partial charge in [-0.3, -0.25) is 9.52 Å². The molecule has 0 bridgehead atoms. The number of methoxy groups -OCH3 is 1. The van der Waals surface area contributed by atoms with Crippen molar-refractivity contribution in [1.82, 2.24) is 0 Å². The summed E-state index contributed by atoms with van der Waals surface area (Å²) >= 11 is 11.5. The quantitative estimate of drug-likeness (QED) is 0.414. The normalized spacial score (nSPS) is 11.7. The molecule has 6 nitrogen and oxygen atoms in total. The number of anilines is 2. The molecule has 0 heterocycles. The third kappa shape index (κ3) is 5.89. The third-order valence-electron chi connectivity index (χ3n) is 4.35. The molecule has 0 aromatic heterocycles. The van der Waals surface area contributed by atoms with E-state index in [4.69, 9.17) is 27.9 Å². The number of amides is 1. The van der Waals surface area contributed by atoms with E-state index in [2.05, 4.69) is 10.0 Å². The largest absolute Gasteiger partial charge is 0.496 e. The number of carbonyl (C=O) groups is 1. The first-order chi connectivity index (χ1) is 15.4. The van der Waals surface area contributed by atoms with Gasteiger partial charge in [0.05, 0.1) is 28.2 Å². The molecule has 3 aromatic carbocycles. The molecule has 1 amide bonds. The molecule has 0 saturated heterocycles. The molecule has 3 rings (SSSR count). The lowest BCUT2D eigenvalue weighted by Crippen LogP contribution is -2.15. The summed E-state index contributed by atoms with van der Waals surface area (Å²) in [5.41, 5.74) is -1.03. The van der Waals surface area contributed by atoms with Crippen molar-refractivity contribution in [2.45, 2.75) is 11.1 Å². The molecule has 0 atom stereocenters. The van der Waals surface area contributed by atoms with Gasteiger partial charge in [-0.2, -0.15) is 13.2 Å². The van der Waals surface area contributed by atoms with Gasteiger partial charge < -0.3 is 10.1 Å². The highest BCUT2D eigenvalue weighted by atomic mass is 35.5. The molecule has 0 radical (unpaired) electrons. The number of benzene rings is 3. The Hall–Kier alpha value is -2.95. The Morgan fingerprint density at radius 3 is 2.18 bits per heavy atom. The lowest BCUT2D eigenvalue weighted by Gasteiger charge is -2.13. The van der Waals surface area contributed by atoms with E-state index < -0.39 is 32.7 Å². The lowest BCUT2D eigenvalue weighted by atomic mass is 10.2. The van der Waals surface area contributed by atoms with Crippen LogP contribution < -0.4 is 14.8 Å². The van der Waals surface area contributed by atoms with Crippen LogP contribution in [0.2, 0.25) is 10.0 Å². The number of carbonyl (C=O) groups excluding carboxylic acids is 1. The molecular formula is C21H15Cl2F3N2O4S. The van der Waals surface area contributed by atoms with Gasteiger partial charge >= 0.3 is 6.18 Å². The molecule has 33 heavy (non-hydrogen) atoms. The number of sulfonamides is 1. The molecule has 0 aliphatic carbocycles. The maximum Gasteiger partial charge on any atom is 0.417 e. The summed E-state index contributed by atoms with van der Waals surface area (Å²) in [5, 5.41) is 2.36. The van der Waals surface area contributed by atoms with Crippen LogP contribution in [0.5, 0.6) is 5.75 Å². The van der Waals surface area contributed by atoms with Crippen molar-refractivity contribution in [3.05, 3.63) is 81.8 Å². The van der Waals surface area contributed by atoms with Crippen LogP contribution >= 0.6 is 23.2 Å². The Kier molecular flexibility index (Phi) is 7.11. The van der Waals surface area contributed by atoms with Crippen LogP contribution in [-0.2, 0) is 16.2 Å². The molecule has 0 aliphatic rings. The van der Waals surface area contributed by atoms with Gasteiger partial charge in [-0.05, 0) is 60.7 Å². The summed E-state index contributed by atoms with van der Waals surface area (Å²) in [5.74, 6) is -0.245. The summed E-state index contributed by atoms with van der Waals surface area (Å²) in [6.45, 7) is 0. The summed E-state index contributed by atoms with van der Waals surface area (Å²) in [7, 11) is -2.82. The second-order valence-corrected chi connectivity index (χ2v) is 9.15. The number of hydrogen-bond donors (Lipinski definition) is 2. The van der Waals surface area contributed by atoms with E-state index in [0.29, 0.717) is 16.8 Å². The minimum Gasteiger partial charge on any atom is -0.496 e. The summed E-state index contributed by atoms with van der Waals surface area (Å²) in [6.07, 6.45) is -4.75. The molecule has 2 N–H and O–H groups in total. The zero-order chi connectivity index (χ0) is 24.4. The van der Waals surface area contributed by atoms with Crippen LogP contribution in [0.3, 0.4) is 0 Å². The van der Waals surface area contributed by atoms with E-state index in [0.717, 1.165) is 12.1 Å². The molecule has 0 spiro atoms. The second-order valence-electron chi connectivity index (χ2n) is 6.62. The van der Waals surface area contributed by atoms with Crippen LogP contribution in [0, 0.1) is 0 Å². The van der Waals surface area contributed by atoms with Crippen molar-refractivity contribution in [1.29, 1.82) is 0 Å². The van der Waals surface area contributed by atoms with Crippen LogP contribution in [0.25, 0.3) is 0 Å². The van der Waals surface area contributed by atoms with Crippen LogP contribution in [-0.4, -0.2) is 21.4 Å². The molecule has 174 valence electrons. The number of halogens is 5. The first-order valence-electron chi connectivity index (χ1n) is 9.05. The van der Waals surface area contributed by atoms with Crippen molar-refractivity contribution in [2.75, 3.05) is 17.1 Å². The van der Waals surface area contributed by atoms with Crippen LogP contribution in [0.4, 0.5) is 24.5 Å². The second kappa shape index (κ2) is 9.50. The van der Waals surface area contributed by atoms with Gasteiger partial charge in [0.15, 0.2) is 0 Å². The summed E-state index contributed by atoms with van der Waals surface area (Å²) in [4.78, 5) is 12.3.